The van der Waals surface area contributed by atoms with Gasteiger partial charge in [-0.2, -0.15) is 5.10 Å². The van der Waals surface area contributed by atoms with Crippen LogP contribution in [-0.2, 0) is 7.05 Å². The second kappa shape index (κ2) is 7.30. The quantitative estimate of drug-likeness (QED) is 0.817. The van der Waals surface area contributed by atoms with E-state index in [1.165, 1.54) is 38.5 Å². The minimum Gasteiger partial charge on any atom is -0.309 e. The van der Waals surface area contributed by atoms with Crippen molar-refractivity contribution in [2.24, 2.45) is 13.0 Å². The van der Waals surface area contributed by atoms with Crippen molar-refractivity contribution < 1.29 is 0 Å². The first-order chi connectivity index (χ1) is 9.22. The third-order valence-electron chi connectivity index (χ3n) is 4.25. The van der Waals surface area contributed by atoms with E-state index in [1.807, 2.05) is 11.7 Å². The summed E-state index contributed by atoms with van der Waals surface area (Å²) in [4.78, 5) is 0. The summed E-state index contributed by atoms with van der Waals surface area (Å²) in [7, 11) is 1.98. The highest BCUT2D eigenvalue weighted by molar-refractivity contribution is 6.31. The number of nitrogens with one attached hydrogen (secondary N) is 1. The zero-order chi connectivity index (χ0) is 13.7. The molecule has 0 saturated heterocycles. The third kappa shape index (κ3) is 3.96. The number of rotatable bonds is 7. The van der Waals surface area contributed by atoms with Gasteiger partial charge in [0, 0.05) is 7.05 Å². The standard InChI is InChI=1S/C15H26ClN3/c1-3-10-17-14(9-8-12-6-4-5-7-12)15-13(16)11-18-19(15)2/h11-12,14,17H,3-10H2,1-2H3. The van der Waals surface area contributed by atoms with Crippen molar-refractivity contribution >= 4 is 11.6 Å². The fraction of sp³-hybridized carbons (Fsp3) is 0.800. The van der Waals surface area contributed by atoms with Gasteiger partial charge in [-0.1, -0.05) is 44.2 Å². The molecule has 0 radical (unpaired) electrons. The Labute approximate surface area is 121 Å². The Morgan fingerprint density at radius 3 is 2.79 bits per heavy atom. The highest BCUT2D eigenvalue weighted by Gasteiger charge is 2.21. The van der Waals surface area contributed by atoms with E-state index in [1.54, 1.807) is 6.20 Å². The van der Waals surface area contributed by atoms with Crippen molar-refractivity contribution in [3.05, 3.63) is 16.9 Å². The minimum absolute atomic E-state index is 0.348. The molecular weight excluding hydrogens is 258 g/mol. The summed E-state index contributed by atoms with van der Waals surface area (Å²) in [6.07, 6.45) is 11.1. The van der Waals surface area contributed by atoms with Gasteiger partial charge < -0.3 is 5.32 Å². The number of aryl methyl sites for hydroxylation is 1. The third-order valence-corrected chi connectivity index (χ3v) is 4.54. The number of hydrogen-bond acceptors (Lipinski definition) is 2. The zero-order valence-electron chi connectivity index (χ0n) is 12.2. The zero-order valence-corrected chi connectivity index (χ0v) is 12.9. The van der Waals surface area contributed by atoms with E-state index in [9.17, 15) is 0 Å². The van der Waals surface area contributed by atoms with Gasteiger partial charge in [-0.05, 0) is 31.7 Å². The predicted molar refractivity (Wildman–Crippen MR) is 80.4 cm³/mol. The van der Waals surface area contributed by atoms with Crippen molar-refractivity contribution in [1.29, 1.82) is 0 Å². The second-order valence-corrected chi connectivity index (χ2v) is 6.14. The summed E-state index contributed by atoms with van der Waals surface area (Å²) in [6.45, 7) is 3.24. The van der Waals surface area contributed by atoms with E-state index >= 15 is 0 Å². The Hall–Kier alpha value is -0.540. The molecule has 1 unspecified atom stereocenters. The van der Waals surface area contributed by atoms with Gasteiger partial charge in [0.25, 0.3) is 0 Å². The molecule has 19 heavy (non-hydrogen) atoms. The molecule has 0 spiro atoms. The molecule has 108 valence electrons. The maximum absolute atomic E-state index is 6.29. The first-order valence-electron chi connectivity index (χ1n) is 7.63. The van der Waals surface area contributed by atoms with Crippen LogP contribution in [0, 0.1) is 5.92 Å². The fourth-order valence-electron chi connectivity index (χ4n) is 3.17. The normalized spacial score (nSPS) is 18.1. The van der Waals surface area contributed by atoms with Gasteiger partial charge in [-0.25, -0.2) is 0 Å². The number of hydrogen-bond donors (Lipinski definition) is 1. The molecule has 1 aliphatic rings. The summed E-state index contributed by atoms with van der Waals surface area (Å²) in [5, 5.41) is 8.70. The van der Waals surface area contributed by atoms with Crippen molar-refractivity contribution in [3.63, 3.8) is 0 Å². The van der Waals surface area contributed by atoms with Crippen LogP contribution in [0.25, 0.3) is 0 Å². The molecule has 1 aliphatic carbocycles. The Balaban J connectivity index is 1.98. The van der Waals surface area contributed by atoms with Crippen molar-refractivity contribution in [2.45, 2.75) is 57.9 Å². The Kier molecular flexibility index (Phi) is 5.71. The van der Waals surface area contributed by atoms with E-state index in [0.29, 0.717) is 6.04 Å². The first kappa shape index (κ1) is 14.9. The summed E-state index contributed by atoms with van der Waals surface area (Å²) in [5.41, 5.74) is 1.15. The lowest BCUT2D eigenvalue weighted by atomic mass is 9.97. The lowest BCUT2D eigenvalue weighted by Crippen LogP contribution is -2.25. The van der Waals surface area contributed by atoms with Crippen molar-refractivity contribution in [2.75, 3.05) is 6.54 Å². The minimum atomic E-state index is 0.348. The smallest absolute Gasteiger partial charge is 0.0833 e. The number of nitrogens with zero attached hydrogens (tertiary/aromatic N) is 2. The molecule has 0 bridgehead atoms. The van der Waals surface area contributed by atoms with Crippen LogP contribution in [0.2, 0.25) is 5.02 Å². The van der Waals surface area contributed by atoms with Gasteiger partial charge in [0.2, 0.25) is 0 Å². The average Bonchev–Trinajstić information content (AvgIpc) is 3.02. The maximum atomic E-state index is 6.29. The molecule has 1 fully saturated rings. The van der Waals surface area contributed by atoms with Crippen molar-refractivity contribution in [1.82, 2.24) is 15.1 Å². The van der Waals surface area contributed by atoms with Gasteiger partial charge in [0.15, 0.2) is 0 Å². The lowest BCUT2D eigenvalue weighted by molar-refractivity contribution is 0.398. The van der Waals surface area contributed by atoms with Crippen LogP contribution in [0.15, 0.2) is 6.20 Å². The molecule has 0 aliphatic heterocycles. The van der Waals surface area contributed by atoms with Gasteiger partial charge >= 0.3 is 0 Å². The van der Waals surface area contributed by atoms with Crippen LogP contribution >= 0.6 is 11.6 Å². The SMILES string of the molecule is CCCNC(CCC1CCCC1)c1c(Cl)cnn1C. The first-order valence-corrected chi connectivity index (χ1v) is 8.01. The molecule has 1 saturated carbocycles. The molecule has 1 aromatic rings. The van der Waals surface area contributed by atoms with E-state index in [4.69, 9.17) is 11.6 Å². The van der Waals surface area contributed by atoms with Gasteiger partial charge in [-0.3, -0.25) is 4.68 Å². The largest absolute Gasteiger partial charge is 0.309 e. The molecule has 0 aromatic carbocycles. The summed E-state index contributed by atoms with van der Waals surface area (Å²) in [6, 6.07) is 0.348. The van der Waals surface area contributed by atoms with Crippen molar-refractivity contribution in [3.8, 4) is 0 Å². The molecule has 1 atom stereocenters. The summed E-state index contributed by atoms with van der Waals surface area (Å²) in [5.74, 6) is 0.929. The van der Waals surface area contributed by atoms with E-state index < -0.39 is 0 Å². The maximum Gasteiger partial charge on any atom is 0.0833 e. The predicted octanol–water partition coefficient (Wildman–Crippen LogP) is 4.08. The second-order valence-electron chi connectivity index (χ2n) is 5.74. The number of halogens is 1. The van der Waals surface area contributed by atoms with Gasteiger partial charge in [-0.15, -0.1) is 0 Å². The highest BCUT2D eigenvalue weighted by Crippen LogP contribution is 2.33. The molecular formula is C15H26ClN3. The molecule has 0 amide bonds. The van der Waals surface area contributed by atoms with Crippen LogP contribution in [0.1, 0.15) is 63.6 Å². The Morgan fingerprint density at radius 2 is 2.21 bits per heavy atom. The van der Waals surface area contributed by atoms with Gasteiger partial charge in [0.05, 0.1) is 23.0 Å². The molecule has 1 aromatic heterocycles. The number of aromatic nitrogens is 2. The van der Waals surface area contributed by atoms with E-state index in [-0.39, 0.29) is 0 Å². The van der Waals surface area contributed by atoms with Gasteiger partial charge in [0.1, 0.15) is 0 Å². The van der Waals surface area contributed by atoms with Crippen LogP contribution in [0.3, 0.4) is 0 Å². The molecule has 3 nitrogen and oxygen atoms in total. The summed E-state index contributed by atoms with van der Waals surface area (Å²) < 4.78 is 1.92. The molecule has 2 rings (SSSR count). The lowest BCUT2D eigenvalue weighted by Gasteiger charge is -2.21. The Morgan fingerprint density at radius 1 is 1.47 bits per heavy atom. The van der Waals surface area contributed by atoms with Crippen LogP contribution in [-0.4, -0.2) is 16.3 Å². The summed E-state index contributed by atoms with van der Waals surface area (Å²) >= 11 is 6.29. The van der Waals surface area contributed by atoms with Crippen LogP contribution < -0.4 is 5.32 Å². The highest BCUT2D eigenvalue weighted by atomic mass is 35.5. The van der Waals surface area contributed by atoms with E-state index in [0.717, 1.165) is 29.6 Å². The molecule has 1 heterocycles. The monoisotopic (exact) mass is 283 g/mol. The fourth-order valence-corrected chi connectivity index (χ4v) is 3.47. The van der Waals surface area contributed by atoms with Crippen LogP contribution in [0.4, 0.5) is 0 Å². The molecule has 1 N–H and O–H groups in total. The molecule has 4 heteroatoms. The topological polar surface area (TPSA) is 29.9 Å². The average molecular weight is 284 g/mol. The van der Waals surface area contributed by atoms with Crippen LogP contribution in [0.5, 0.6) is 0 Å². The Bertz CT molecular complexity index is 363. The van der Waals surface area contributed by atoms with E-state index in [2.05, 4.69) is 17.3 Å².